The second kappa shape index (κ2) is 10.4. The molecular formula is C21H27IN4O2. The second-order valence-corrected chi connectivity index (χ2v) is 6.87. The van der Waals surface area contributed by atoms with Gasteiger partial charge in [-0.25, -0.2) is 9.79 Å². The normalized spacial score (nSPS) is 13.5. The van der Waals surface area contributed by atoms with Crippen molar-refractivity contribution in [3.05, 3.63) is 65.0 Å². The molecule has 1 heterocycles. The lowest BCUT2D eigenvalue weighted by molar-refractivity contribution is 0.0598. The molecule has 1 N–H and O–H groups in total. The van der Waals surface area contributed by atoms with Crippen LogP contribution in [0.5, 0.6) is 0 Å². The monoisotopic (exact) mass is 494 g/mol. The van der Waals surface area contributed by atoms with Crippen molar-refractivity contribution in [3.63, 3.8) is 0 Å². The van der Waals surface area contributed by atoms with Gasteiger partial charge in [-0.05, 0) is 30.5 Å². The van der Waals surface area contributed by atoms with Crippen LogP contribution in [0.15, 0.2) is 47.5 Å². The number of carbonyl (C=O) groups is 1. The molecule has 1 aliphatic carbocycles. The molecule has 6 nitrogen and oxygen atoms in total. The van der Waals surface area contributed by atoms with Gasteiger partial charge < -0.3 is 15.0 Å². The van der Waals surface area contributed by atoms with Crippen molar-refractivity contribution in [2.75, 3.05) is 21.2 Å². The van der Waals surface area contributed by atoms with Crippen molar-refractivity contribution < 1.29 is 9.53 Å². The van der Waals surface area contributed by atoms with Crippen LogP contribution in [-0.2, 0) is 17.8 Å². The molecule has 0 radical (unpaired) electrons. The van der Waals surface area contributed by atoms with E-state index in [-0.39, 0.29) is 29.9 Å². The van der Waals surface area contributed by atoms with E-state index in [4.69, 9.17) is 9.72 Å². The van der Waals surface area contributed by atoms with Crippen LogP contribution in [0.4, 0.5) is 0 Å². The van der Waals surface area contributed by atoms with Crippen molar-refractivity contribution in [1.29, 1.82) is 0 Å². The number of hydrogen-bond acceptors (Lipinski definition) is 4. The Morgan fingerprint density at radius 1 is 1.21 bits per heavy atom. The van der Waals surface area contributed by atoms with Crippen LogP contribution in [0, 0.1) is 0 Å². The summed E-state index contributed by atoms with van der Waals surface area (Å²) in [5, 5.41) is 3.35. The minimum absolute atomic E-state index is 0. The predicted octanol–water partition coefficient (Wildman–Crippen LogP) is 3.57. The van der Waals surface area contributed by atoms with E-state index in [1.807, 2.05) is 49.3 Å². The highest BCUT2D eigenvalue weighted by molar-refractivity contribution is 14.0. The van der Waals surface area contributed by atoms with Crippen LogP contribution in [0.1, 0.15) is 46.1 Å². The molecule has 0 spiro atoms. The molecule has 1 aromatic heterocycles. The Hall–Kier alpha value is -2.16. The summed E-state index contributed by atoms with van der Waals surface area (Å²) >= 11 is 0. The summed E-state index contributed by atoms with van der Waals surface area (Å²) in [6.45, 7) is 1.16. The third-order valence-corrected chi connectivity index (χ3v) is 4.46. The van der Waals surface area contributed by atoms with Gasteiger partial charge in [0.25, 0.3) is 0 Å². The van der Waals surface area contributed by atoms with E-state index >= 15 is 0 Å². The number of esters is 1. The number of nitrogens with zero attached hydrogens (tertiary/aromatic N) is 3. The van der Waals surface area contributed by atoms with Crippen LogP contribution >= 0.6 is 24.0 Å². The van der Waals surface area contributed by atoms with Crippen molar-refractivity contribution in [2.45, 2.75) is 31.8 Å². The Morgan fingerprint density at radius 3 is 2.54 bits per heavy atom. The number of methoxy groups -OCH3 is 1. The molecule has 0 aliphatic heterocycles. The van der Waals surface area contributed by atoms with Crippen molar-refractivity contribution >= 4 is 35.9 Å². The van der Waals surface area contributed by atoms with Crippen molar-refractivity contribution in [3.8, 4) is 0 Å². The fourth-order valence-corrected chi connectivity index (χ4v) is 2.84. The number of nitrogens with one attached hydrogen (secondary N) is 1. The molecule has 150 valence electrons. The van der Waals surface area contributed by atoms with E-state index in [0.717, 1.165) is 35.8 Å². The average Bonchev–Trinajstić information content (AvgIpc) is 3.53. The number of hydrogen-bond donors (Lipinski definition) is 1. The first-order valence-corrected chi connectivity index (χ1v) is 9.16. The number of pyridine rings is 1. The fourth-order valence-electron chi connectivity index (χ4n) is 2.84. The molecule has 3 rings (SSSR count). The Morgan fingerprint density at radius 2 is 1.93 bits per heavy atom. The SMILES string of the molecule is COC(=O)c1ccc(CNC(=NCc2ccccc2)N(C)C)nc1C1CC1.I. The molecule has 0 atom stereocenters. The lowest BCUT2D eigenvalue weighted by Gasteiger charge is -2.18. The Kier molecular flexibility index (Phi) is 8.22. The number of rotatable bonds is 6. The highest BCUT2D eigenvalue weighted by Gasteiger charge is 2.30. The van der Waals surface area contributed by atoms with Crippen LogP contribution in [0.2, 0.25) is 0 Å². The highest BCUT2D eigenvalue weighted by atomic mass is 127. The van der Waals surface area contributed by atoms with E-state index < -0.39 is 0 Å². The molecule has 7 heteroatoms. The summed E-state index contributed by atoms with van der Waals surface area (Å²) in [4.78, 5) is 23.3. The van der Waals surface area contributed by atoms with Gasteiger partial charge in [-0.15, -0.1) is 24.0 Å². The molecule has 0 saturated heterocycles. The van der Waals surface area contributed by atoms with Gasteiger partial charge >= 0.3 is 5.97 Å². The van der Waals surface area contributed by atoms with Gasteiger partial charge in [-0.2, -0.15) is 0 Å². The predicted molar refractivity (Wildman–Crippen MR) is 121 cm³/mol. The molecule has 2 aromatic rings. The number of aliphatic imine (C=N–C) groups is 1. The van der Waals surface area contributed by atoms with E-state index in [1.165, 1.54) is 7.11 Å². The second-order valence-electron chi connectivity index (χ2n) is 6.87. The van der Waals surface area contributed by atoms with E-state index in [1.54, 1.807) is 0 Å². The van der Waals surface area contributed by atoms with Crippen molar-refractivity contribution in [1.82, 2.24) is 15.2 Å². The Bertz CT molecular complexity index is 820. The maximum atomic E-state index is 11.9. The van der Waals surface area contributed by atoms with Gasteiger partial charge in [0.1, 0.15) is 0 Å². The average molecular weight is 494 g/mol. The van der Waals surface area contributed by atoms with Gasteiger partial charge in [-0.1, -0.05) is 30.3 Å². The number of ether oxygens (including phenoxy) is 1. The van der Waals surface area contributed by atoms with Gasteiger partial charge in [0.15, 0.2) is 5.96 Å². The largest absolute Gasteiger partial charge is 0.465 e. The van der Waals surface area contributed by atoms with Gasteiger partial charge in [0, 0.05) is 20.0 Å². The lowest BCUT2D eigenvalue weighted by atomic mass is 10.1. The molecule has 0 amide bonds. The summed E-state index contributed by atoms with van der Waals surface area (Å²) in [5.74, 6) is 0.854. The highest BCUT2D eigenvalue weighted by Crippen LogP contribution is 2.40. The Labute approximate surface area is 183 Å². The van der Waals surface area contributed by atoms with Crippen LogP contribution in [0.3, 0.4) is 0 Å². The lowest BCUT2D eigenvalue weighted by Crippen LogP contribution is -2.36. The van der Waals surface area contributed by atoms with E-state index in [0.29, 0.717) is 24.6 Å². The maximum Gasteiger partial charge on any atom is 0.339 e. The first kappa shape index (κ1) is 22.1. The van der Waals surface area contributed by atoms with E-state index in [2.05, 4.69) is 22.4 Å². The van der Waals surface area contributed by atoms with Crippen LogP contribution < -0.4 is 5.32 Å². The summed E-state index contributed by atoms with van der Waals surface area (Å²) < 4.78 is 4.88. The molecule has 0 unspecified atom stereocenters. The third-order valence-electron chi connectivity index (χ3n) is 4.46. The molecule has 1 saturated carbocycles. The van der Waals surface area contributed by atoms with Gasteiger partial charge in [0.2, 0.25) is 0 Å². The van der Waals surface area contributed by atoms with Crippen molar-refractivity contribution in [2.24, 2.45) is 4.99 Å². The third kappa shape index (κ3) is 5.92. The standard InChI is InChI=1S/C21H26N4O2.HI/c1-25(2)21(22-13-15-7-5-4-6-8-15)23-14-17-11-12-18(20(26)27-3)19(24-17)16-9-10-16;/h4-8,11-12,16H,9-10,13-14H2,1-3H3,(H,22,23);1H. The molecule has 0 bridgehead atoms. The smallest absolute Gasteiger partial charge is 0.339 e. The maximum absolute atomic E-state index is 11.9. The summed E-state index contributed by atoms with van der Waals surface area (Å²) in [6.07, 6.45) is 2.16. The molecule has 1 aromatic carbocycles. The zero-order chi connectivity index (χ0) is 19.2. The quantitative estimate of drug-likeness (QED) is 0.288. The molecule has 1 fully saturated rings. The molecule has 1 aliphatic rings. The minimum Gasteiger partial charge on any atom is -0.465 e. The Balaban J connectivity index is 0.00000280. The number of guanidine groups is 1. The number of benzene rings is 1. The number of halogens is 1. The zero-order valence-electron chi connectivity index (χ0n) is 16.5. The molecule has 28 heavy (non-hydrogen) atoms. The summed E-state index contributed by atoms with van der Waals surface area (Å²) in [5.41, 5.74) is 3.48. The van der Waals surface area contributed by atoms with Gasteiger partial charge in [-0.3, -0.25) is 4.98 Å². The first-order valence-electron chi connectivity index (χ1n) is 9.16. The fraction of sp³-hybridized carbons (Fsp3) is 0.381. The number of aromatic nitrogens is 1. The zero-order valence-corrected chi connectivity index (χ0v) is 18.8. The van der Waals surface area contributed by atoms with Crippen LogP contribution in [-0.4, -0.2) is 43.0 Å². The minimum atomic E-state index is -0.317. The molecular weight excluding hydrogens is 467 g/mol. The topological polar surface area (TPSA) is 66.8 Å². The van der Waals surface area contributed by atoms with Crippen LogP contribution in [0.25, 0.3) is 0 Å². The first-order chi connectivity index (χ1) is 13.1. The number of carbonyl (C=O) groups excluding carboxylic acids is 1. The summed E-state index contributed by atoms with van der Waals surface area (Å²) in [7, 11) is 5.32. The van der Waals surface area contributed by atoms with Gasteiger partial charge in [0.05, 0.1) is 37.2 Å². The summed E-state index contributed by atoms with van der Waals surface area (Å²) in [6, 6.07) is 13.8. The van der Waals surface area contributed by atoms with E-state index in [9.17, 15) is 4.79 Å².